The molecule has 0 atom stereocenters. The van der Waals surface area contributed by atoms with Crippen molar-refractivity contribution in [3.05, 3.63) is 64.1 Å². The highest BCUT2D eigenvalue weighted by Crippen LogP contribution is 2.24. The molecule has 0 amide bonds. The van der Waals surface area contributed by atoms with Gasteiger partial charge in [0.15, 0.2) is 0 Å². The van der Waals surface area contributed by atoms with Crippen molar-refractivity contribution < 1.29 is 9.84 Å². The van der Waals surface area contributed by atoms with E-state index in [4.69, 9.17) is 9.84 Å². The van der Waals surface area contributed by atoms with Gasteiger partial charge in [-0.2, -0.15) is 0 Å². The second-order valence-electron chi connectivity index (χ2n) is 5.49. The maximum absolute atomic E-state index is 8.78. The Labute approximate surface area is 159 Å². The van der Waals surface area contributed by atoms with Crippen LogP contribution in [-0.2, 0) is 13.2 Å². The molecule has 2 N–H and O–H groups in total. The SMILES string of the molecule is Cl.OCCCCCNCc1cc(Br)ccc1OCc1ccccc1. The van der Waals surface area contributed by atoms with Crippen LogP contribution in [0.3, 0.4) is 0 Å². The Morgan fingerprint density at radius 2 is 1.79 bits per heavy atom. The van der Waals surface area contributed by atoms with Gasteiger partial charge in [0.25, 0.3) is 0 Å². The number of aliphatic hydroxyl groups is 1. The summed E-state index contributed by atoms with van der Waals surface area (Å²) in [5.41, 5.74) is 2.32. The summed E-state index contributed by atoms with van der Waals surface area (Å²) in [6.07, 6.45) is 3.01. The van der Waals surface area contributed by atoms with E-state index < -0.39 is 0 Å². The summed E-state index contributed by atoms with van der Waals surface area (Å²) in [7, 11) is 0. The third kappa shape index (κ3) is 7.67. The van der Waals surface area contributed by atoms with Crippen LogP contribution in [0.5, 0.6) is 5.75 Å². The lowest BCUT2D eigenvalue weighted by Gasteiger charge is -2.13. The first-order chi connectivity index (χ1) is 11.3. The van der Waals surface area contributed by atoms with Crippen molar-refractivity contribution in [1.82, 2.24) is 5.32 Å². The number of unbranched alkanes of at least 4 members (excludes halogenated alkanes) is 2. The summed E-state index contributed by atoms with van der Waals surface area (Å²) in [6, 6.07) is 16.3. The predicted molar refractivity (Wildman–Crippen MR) is 105 cm³/mol. The van der Waals surface area contributed by atoms with E-state index in [2.05, 4.69) is 39.4 Å². The van der Waals surface area contributed by atoms with Crippen LogP contribution in [0.1, 0.15) is 30.4 Å². The van der Waals surface area contributed by atoms with Crippen molar-refractivity contribution in [1.29, 1.82) is 0 Å². The van der Waals surface area contributed by atoms with Crippen LogP contribution in [0.2, 0.25) is 0 Å². The van der Waals surface area contributed by atoms with E-state index in [1.165, 1.54) is 5.56 Å². The molecule has 2 aromatic carbocycles. The molecule has 0 saturated heterocycles. The summed E-state index contributed by atoms with van der Waals surface area (Å²) in [4.78, 5) is 0. The zero-order chi connectivity index (χ0) is 16.3. The third-order valence-corrected chi connectivity index (χ3v) is 4.08. The number of hydrogen-bond donors (Lipinski definition) is 2. The molecule has 0 spiro atoms. The van der Waals surface area contributed by atoms with Gasteiger partial charge in [-0.3, -0.25) is 0 Å². The zero-order valence-electron chi connectivity index (χ0n) is 13.7. The smallest absolute Gasteiger partial charge is 0.124 e. The minimum atomic E-state index is 0. The van der Waals surface area contributed by atoms with Crippen molar-refractivity contribution in [2.24, 2.45) is 0 Å². The molecule has 0 bridgehead atoms. The Hall–Kier alpha value is -1.07. The zero-order valence-corrected chi connectivity index (χ0v) is 16.1. The van der Waals surface area contributed by atoms with E-state index in [1.54, 1.807) is 0 Å². The Morgan fingerprint density at radius 3 is 2.54 bits per heavy atom. The average Bonchev–Trinajstić information content (AvgIpc) is 2.58. The van der Waals surface area contributed by atoms with E-state index >= 15 is 0 Å². The van der Waals surface area contributed by atoms with Gasteiger partial charge < -0.3 is 15.2 Å². The number of hydrogen-bond acceptors (Lipinski definition) is 3. The maximum Gasteiger partial charge on any atom is 0.124 e. The summed E-state index contributed by atoms with van der Waals surface area (Å²) < 4.78 is 7.04. The number of aliphatic hydroxyl groups excluding tert-OH is 1. The molecule has 24 heavy (non-hydrogen) atoms. The van der Waals surface area contributed by atoms with Gasteiger partial charge >= 0.3 is 0 Å². The summed E-state index contributed by atoms with van der Waals surface area (Å²) in [6.45, 7) is 2.59. The lowest BCUT2D eigenvalue weighted by atomic mass is 10.2. The van der Waals surface area contributed by atoms with Crippen LogP contribution < -0.4 is 10.1 Å². The normalized spacial score (nSPS) is 10.2. The van der Waals surface area contributed by atoms with Gasteiger partial charge in [0, 0.05) is 23.2 Å². The van der Waals surface area contributed by atoms with Gasteiger partial charge in [0.2, 0.25) is 0 Å². The number of nitrogens with one attached hydrogen (secondary N) is 1. The summed E-state index contributed by atoms with van der Waals surface area (Å²) in [5.74, 6) is 0.917. The minimum Gasteiger partial charge on any atom is -0.489 e. The fraction of sp³-hybridized carbons (Fsp3) is 0.368. The molecule has 0 heterocycles. The first kappa shape index (κ1) is 21.0. The van der Waals surface area contributed by atoms with Crippen LogP contribution in [0.15, 0.2) is 53.0 Å². The van der Waals surface area contributed by atoms with Crippen LogP contribution >= 0.6 is 28.3 Å². The molecule has 5 heteroatoms. The van der Waals surface area contributed by atoms with E-state index in [0.29, 0.717) is 6.61 Å². The largest absolute Gasteiger partial charge is 0.489 e. The number of rotatable bonds is 10. The molecule has 0 saturated carbocycles. The predicted octanol–water partition coefficient (Wildman–Crippen LogP) is 4.70. The molecular weight excluding hydrogens is 390 g/mol. The third-order valence-electron chi connectivity index (χ3n) is 3.59. The first-order valence-corrected chi connectivity index (χ1v) is 8.85. The van der Waals surface area contributed by atoms with Crippen LogP contribution in [-0.4, -0.2) is 18.3 Å². The maximum atomic E-state index is 8.78. The number of ether oxygens (including phenoxy) is 1. The highest BCUT2D eigenvalue weighted by molar-refractivity contribution is 9.10. The van der Waals surface area contributed by atoms with Crippen LogP contribution in [0.25, 0.3) is 0 Å². The molecule has 0 aliphatic carbocycles. The molecule has 0 fully saturated rings. The fourth-order valence-corrected chi connectivity index (χ4v) is 2.73. The second-order valence-corrected chi connectivity index (χ2v) is 6.40. The van der Waals surface area contributed by atoms with Gasteiger partial charge in [-0.25, -0.2) is 0 Å². The summed E-state index contributed by atoms with van der Waals surface area (Å²) in [5, 5.41) is 12.2. The highest BCUT2D eigenvalue weighted by Gasteiger charge is 2.05. The molecule has 2 rings (SSSR count). The Kier molecular flexibility index (Phi) is 10.8. The Balaban J connectivity index is 0.00000288. The quantitative estimate of drug-likeness (QED) is 0.554. The molecule has 2 aromatic rings. The molecule has 0 aromatic heterocycles. The van der Waals surface area contributed by atoms with Crippen molar-refractivity contribution in [2.75, 3.05) is 13.2 Å². The number of halogens is 2. The Bertz CT molecular complexity index is 581. The molecule has 0 unspecified atom stereocenters. The van der Waals surface area contributed by atoms with Gasteiger partial charge in [0.1, 0.15) is 12.4 Å². The molecule has 0 aliphatic rings. The minimum absolute atomic E-state index is 0. The van der Waals surface area contributed by atoms with Crippen LogP contribution in [0, 0.1) is 0 Å². The lowest BCUT2D eigenvalue weighted by Crippen LogP contribution is -2.15. The highest BCUT2D eigenvalue weighted by atomic mass is 79.9. The van der Waals surface area contributed by atoms with Gasteiger partial charge in [-0.15, -0.1) is 12.4 Å². The molecule has 132 valence electrons. The summed E-state index contributed by atoms with van der Waals surface area (Å²) >= 11 is 3.52. The average molecular weight is 415 g/mol. The monoisotopic (exact) mass is 413 g/mol. The van der Waals surface area contributed by atoms with E-state index in [9.17, 15) is 0 Å². The van der Waals surface area contributed by atoms with Crippen molar-refractivity contribution >= 4 is 28.3 Å². The number of benzene rings is 2. The fourth-order valence-electron chi connectivity index (χ4n) is 2.32. The van der Waals surface area contributed by atoms with E-state index in [-0.39, 0.29) is 19.0 Å². The Morgan fingerprint density at radius 1 is 1.00 bits per heavy atom. The van der Waals surface area contributed by atoms with Gasteiger partial charge in [-0.05, 0) is 49.6 Å². The molecular formula is C19H25BrClNO2. The van der Waals surface area contributed by atoms with Crippen LogP contribution in [0.4, 0.5) is 0 Å². The van der Waals surface area contributed by atoms with Gasteiger partial charge in [-0.1, -0.05) is 46.3 Å². The topological polar surface area (TPSA) is 41.5 Å². The van der Waals surface area contributed by atoms with Crippen molar-refractivity contribution in [2.45, 2.75) is 32.4 Å². The molecule has 0 radical (unpaired) electrons. The standard InChI is InChI=1S/C19H24BrNO2.ClH/c20-18-9-10-19(23-15-16-7-3-1-4-8-16)17(13-18)14-21-11-5-2-6-12-22;/h1,3-4,7-10,13,21-22H,2,5-6,11-12,14-15H2;1H. The molecule has 3 nitrogen and oxygen atoms in total. The van der Waals surface area contributed by atoms with Crippen molar-refractivity contribution in [3.63, 3.8) is 0 Å². The molecule has 0 aliphatic heterocycles. The lowest BCUT2D eigenvalue weighted by molar-refractivity contribution is 0.282. The first-order valence-electron chi connectivity index (χ1n) is 8.06. The van der Waals surface area contributed by atoms with E-state index in [0.717, 1.165) is 48.1 Å². The van der Waals surface area contributed by atoms with E-state index in [1.807, 2.05) is 30.3 Å². The van der Waals surface area contributed by atoms with Gasteiger partial charge in [0.05, 0.1) is 0 Å². The second kappa shape index (κ2) is 12.3. The van der Waals surface area contributed by atoms with Crippen molar-refractivity contribution in [3.8, 4) is 5.75 Å².